The molecule has 1 saturated heterocycles. The highest BCUT2D eigenvalue weighted by molar-refractivity contribution is 6.06. The first kappa shape index (κ1) is 14.1. The van der Waals surface area contributed by atoms with Crippen LogP contribution in [0.4, 0.5) is 0 Å². The summed E-state index contributed by atoms with van der Waals surface area (Å²) in [6.07, 6.45) is -0.137. The van der Waals surface area contributed by atoms with Crippen molar-refractivity contribution in [2.75, 3.05) is 0 Å². The maximum absolute atomic E-state index is 11.6. The number of carboxylic acids is 2. The smallest absolute Gasteiger partial charge is 0.329 e. The Morgan fingerprint density at radius 1 is 1.22 bits per heavy atom. The molecule has 7 heteroatoms. The van der Waals surface area contributed by atoms with Crippen molar-refractivity contribution in [3.8, 4) is 0 Å². The molecule has 1 rings (SSSR count). The third kappa shape index (κ3) is 2.66. The van der Waals surface area contributed by atoms with Crippen LogP contribution in [0.15, 0.2) is 0 Å². The van der Waals surface area contributed by atoms with E-state index in [1.54, 1.807) is 0 Å². The monoisotopic (exact) mass is 257 g/mol. The lowest BCUT2D eigenvalue weighted by atomic mass is 9.93. The van der Waals surface area contributed by atoms with E-state index in [1.165, 1.54) is 6.92 Å². The van der Waals surface area contributed by atoms with Gasteiger partial charge >= 0.3 is 11.9 Å². The number of nitrogens with zero attached hydrogens (tertiary/aromatic N) is 1. The Labute approximate surface area is 103 Å². The van der Waals surface area contributed by atoms with Gasteiger partial charge in [0.1, 0.15) is 5.54 Å². The SMILES string of the molecule is CC(CCCC(=O)O)(C(=O)O)N1C(=O)CCC1=O. The maximum atomic E-state index is 11.6. The van der Waals surface area contributed by atoms with E-state index in [1.807, 2.05) is 0 Å². The van der Waals surface area contributed by atoms with Crippen LogP contribution in [-0.4, -0.2) is 44.4 Å². The van der Waals surface area contributed by atoms with Gasteiger partial charge in [-0.25, -0.2) is 4.79 Å². The summed E-state index contributed by atoms with van der Waals surface area (Å²) in [5.74, 6) is -3.36. The van der Waals surface area contributed by atoms with Gasteiger partial charge in [-0.1, -0.05) is 0 Å². The predicted octanol–water partition coefficient (Wildman–Crippen LogP) is 0.234. The Hall–Kier alpha value is -1.92. The molecule has 1 aliphatic heterocycles. The molecule has 1 atom stereocenters. The second-order valence-corrected chi connectivity index (χ2v) is 4.45. The molecule has 1 unspecified atom stereocenters. The number of hydrogen-bond donors (Lipinski definition) is 2. The van der Waals surface area contributed by atoms with Gasteiger partial charge in [0.2, 0.25) is 11.8 Å². The average molecular weight is 257 g/mol. The van der Waals surface area contributed by atoms with Crippen molar-refractivity contribution in [3.05, 3.63) is 0 Å². The zero-order valence-electron chi connectivity index (χ0n) is 10.0. The van der Waals surface area contributed by atoms with Crippen LogP contribution in [0, 0.1) is 0 Å². The first-order valence-electron chi connectivity index (χ1n) is 5.60. The van der Waals surface area contributed by atoms with Crippen molar-refractivity contribution in [2.24, 2.45) is 0 Å². The summed E-state index contributed by atoms with van der Waals surface area (Å²) in [4.78, 5) is 45.6. The second-order valence-electron chi connectivity index (χ2n) is 4.45. The van der Waals surface area contributed by atoms with E-state index in [4.69, 9.17) is 5.11 Å². The second kappa shape index (κ2) is 5.16. The van der Waals surface area contributed by atoms with Crippen LogP contribution >= 0.6 is 0 Å². The number of carbonyl (C=O) groups excluding carboxylic acids is 2. The quantitative estimate of drug-likeness (QED) is 0.659. The van der Waals surface area contributed by atoms with Crippen LogP contribution in [-0.2, 0) is 19.2 Å². The molecule has 100 valence electrons. The third-order valence-corrected chi connectivity index (χ3v) is 3.06. The van der Waals surface area contributed by atoms with Crippen LogP contribution in [0.3, 0.4) is 0 Å². The fraction of sp³-hybridized carbons (Fsp3) is 0.636. The first-order chi connectivity index (χ1) is 8.29. The summed E-state index contributed by atoms with van der Waals surface area (Å²) in [6, 6.07) is 0. The Bertz CT molecular complexity index is 388. The minimum Gasteiger partial charge on any atom is -0.481 e. The Morgan fingerprint density at radius 2 is 1.72 bits per heavy atom. The van der Waals surface area contributed by atoms with Crippen molar-refractivity contribution in [1.82, 2.24) is 4.90 Å². The van der Waals surface area contributed by atoms with Gasteiger partial charge in [0.15, 0.2) is 0 Å². The molecular weight excluding hydrogens is 242 g/mol. The van der Waals surface area contributed by atoms with Crippen LogP contribution < -0.4 is 0 Å². The summed E-state index contributed by atoms with van der Waals surface area (Å²) >= 11 is 0. The fourth-order valence-electron chi connectivity index (χ4n) is 2.03. The lowest BCUT2D eigenvalue weighted by molar-refractivity contribution is -0.162. The lowest BCUT2D eigenvalue weighted by Gasteiger charge is -2.33. The molecule has 0 aromatic rings. The van der Waals surface area contributed by atoms with Gasteiger partial charge < -0.3 is 10.2 Å². The van der Waals surface area contributed by atoms with E-state index in [-0.39, 0.29) is 32.1 Å². The highest BCUT2D eigenvalue weighted by Crippen LogP contribution is 2.28. The number of carboxylic acid groups (broad SMARTS) is 2. The van der Waals surface area contributed by atoms with E-state index >= 15 is 0 Å². The summed E-state index contributed by atoms with van der Waals surface area (Å²) in [6.45, 7) is 1.28. The molecule has 1 heterocycles. The topological polar surface area (TPSA) is 112 Å². The zero-order chi connectivity index (χ0) is 13.9. The van der Waals surface area contributed by atoms with Crippen LogP contribution in [0.25, 0.3) is 0 Å². The van der Waals surface area contributed by atoms with Crippen molar-refractivity contribution in [1.29, 1.82) is 0 Å². The highest BCUT2D eigenvalue weighted by Gasteiger charge is 2.48. The van der Waals surface area contributed by atoms with E-state index in [2.05, 4.69) is 0 Å². The normalized spacial score (nSPS) is 18.8. The fourth-order valence-corrected chi connectivity index (χ4v) is 2.03. The number of rotatable bonds is 6. The van der Waals surface area contributed by atoms with Gasteiger partial charge in [0.25, 0.3) is 0 Å². The molecule has 0 bridgehead atoms. The number of amides is 2. The van der Waals surface area contributed by atoms with Gasteiger partial charge in [-0.2, -0.15) is 0 Å². The van der Waals surface area contributed by atoms with E-state index in [0.29, 0.717) is 0 Å². The van der Waals surface area contributed by atoms with Crippen LogP contribution in [0.5, 0.6) is 0 Å². The molecule has 0 aromatic heterocycles. The molecule has 2 N–H and O–H groups in total. The average Bonchev–Trinajstić information content (AvgIpc) is 2.57. The predicted molar refractivity (Wildman–Crippen MR) is 58.6 cm³/mol. The maximum Gasteiger partial charge on any atom is 0.329 e. The van der Waals surface area contributed by atoms with Gasteiger partial charge in [0.05, 0.1) is 0 Å². The highest BCUT2D eigenvalue weighted by atomic mass is 16.4. The molecule has 0 radical (unpaired) electrons. The summed E-state index contributed by atoms with van der Waals surface area (Å²) < 4.78 is 0. The molecule has 0 saturated carbocycles. The Balaban J connectivity index is 2.86. The number of carbonyl (C=O) groups is 4. The van der Waals surface area contributed by atoms with Crippen LogP contribution in [0.2, 0.25) is 0 Å². The molecule has 1 fully saturated rings. The Morgan fingerprint density at radius 3 is 2.11 bits per heavy atom. The molecule has 7 nitrogen and oxygen atoms in total. The molecule has 0 spiro atoms. The first-order valence-corrected chi connectivity index (χ1v) is 5.60. The van der Waals surface area contributed by atoms with E-state index < -0.39 is 29.3 Å². The van der Waals surface area contributed by atoms with Gasteiger partial charge in [0, 0.05) is 19.3 Å². The van der Waals surface area contributed by atoms with E-state index in [0.717, 1.165) is 4.90 Å². The van der Waals surface area contributed by atoms with Gasteiger partial charge in [-0.05, 0) is 19.8 Å². The molecule has 0 aromatic carbocycles. The minimum atomic E-state index is -1.65. The van der Waals surface area contributed by atoms with Crippen molar-refractivity contribution >= 4 is 23.8 Å². The standard InChI is InChI=1S/C11H15NO6/c1-11(10(17)18,6-2-3-9(15)16)12-7(13)4-5-8(12)14/h2-6H2,1H3,(H,15,16)(H,17,18). The minimum absolute atomic E-state index is 0.0145. The molecule has 18 heavy (non-hydrogen) atoms. The van der Waals surface area contributed by atoms with Crippen LogP contribution in [0.1, 0.15) is 39.0 Å². The number of imide groups is 1. The molecular formula is C11H15NO6. The lowest BCUT2D eigenvalue weighted by Crippen LogP contribution is -2.54. The van der Waals surface area contributed by atoms with Gasteiger partial charge in [-0.15, -0.1) is 0 Å². The number of aliphatic carboxylic acids is 2. The summed E-state index contributed by atoms with van der Waals surface area (Å²) in [5.41, 5.74) is -1.65. The Kier molecular flexibility index (Phi) is 4.05. The van der Waals surface area contributed by atoms with Crippen molar-refractivity contribution < 1.29 is 29.4 Å². The molecule has 2 amide bonds. The number of likely N-dealkylation sites (tertiary alicyclic amines) is 1. The van der Waals surface area contributed by atoms with Crippen molar-refractivity contribution in [3.63, 3.8) is 0 Å². The third-order valence-electron chi connectivity index (χ3n) is 3.06. The van der Waals surface area contributed by atoms with E-state index in [9.17, 15) is 24.3 Å². The zero-order valence-corrected chi connectivity index (χ0v) is 10.0. The van der Waals surface area contributed by atoms with Crippen molar-refractivity contribution in [2.45, 2.75) is 44.6 Å². The summed E-state index contributed by atoms with van der Waals surface area (Å²) in [5, 5.41) is 17.7. The number of hydrogen-bond acceptors (Lipinski definition) is 4. The van der Waals surface area contributed by atoms with Gasteiger partial charge in [-0.3, -0.25) is 19.3 Å². The summed E-state index contributed by atoms with van der Waals surface area (Å²) in [7, 11) is 0. The largest absolute Gasteiger partial charge is 0.481 e. The molecule has 0 aliphatic carbocycles. The molecule has 1 aliphatic rings.